The molecule has 1 saturated heterocycles. The maximum Gasteiger partial charge on any atom is 0.119 e. The summed E-state index contributed by atoms with van der Waals surface area (Å²) in [7, 11) is 0. The average Bonchev–Trinajstić information content (AvgIpc) is 2.34. The van der Waals surface area contributed by atoms with Crippen LogP contribution in [0.2, 0.25) is 0 Å². The average molecular weight is 248 g/mol. The van der Waals surface area contributed by atoms with Gasteiger partial charge in [-0.05, 0) is 52.0 Å². The molecule has 2 rings (SSSR count). The minimum absolute atomic E-state index is 0.172. The van der Waals surface area contributed by atoms with Crippen LogP contribution in [0.25, 0.3) is 0 Å². The summed E-state index contributed by atoms with van der Waals surface area (Å²) in [5.41, 5.74) is 1.45. The van der Waals surface area contributed by atoms with Crippen molar-refractivity contribution in [3.05, 3.63) is 24.3 Å². The zero-order chi connectivity index (χ0) is 13.2. The summed E-state index contributed by atoms with van der Waals surface area (Å²) in [6, 6.07) is 8.95. The largest absolute Gasteiger partial charge is 0.494 e. The van der Waals surface area contributed by atoms with Crippen molar-refractivity contribution in [2.24, 2.45) is 0 Å². The van der Waals surface area contributed by atoms with Gasteiger partial charge in [-0.2, -0.15) is 0 Å². The molecule has 1 atom stereocenters. The molecule has 0 radical (unpaired) electrons. The fourth-order valence-corrected chi connectivity index (χ4v) is 2.42. The van der Waals surface area contributed by atoms with E-state index in [9.17, 15) is 0 Å². The number of ether oxygens (including phenoxy) is 1. The molecule has 1 N–H and O–H groups in total. The smallest absolute Gasteiger partial charge is 0.119 e. The van der Waals surface area contributed by atoms with Crippen LogP contribution in [-0.4, -0.2) is 31.3 Å². The van der Waals surface area contributed by atoms with Gasteiger partial charge in [0, 0.05) is 30.4 Å². The lowest BCUT2D eigenvalue weighted by Gasteiger charge is -2.44. The first-order valence-corrected chi connectivity index (χ1v) is 6.76. The Kier molecular flexibility index (Phi) is 3.81. The van der Waals surface area contributed by atoms with E-state index in [2.05, 4.69) is 55.3 Å². The Morgan fingerprint density at radius 2 is 2.00 bits per heavy atom. The van der Waals surface area contributed by atoms with E-state index in [4.69, 9.17) is 4.74 Å². The van der Waals surface area contributed by atoms with Crippen molar-refractivity contribution >= 4 is 5.69 Å². The Morgan fingerprint density at radius 3 is 2.61 bits per heavy atom. The second-order valence-electron chi connectivity index (χ2n) is 5.67. The van der Waals surface area contributed by atoms with Gasteiger partial charge in [0.2, 0.25) is 0 Å². The van der Waals surface area contributed by atoms with E-state index >= 15 is 0 Å². The Hall–Kier alpha value is -1.22. The summed E-state index contributed by atoms with van der Waals surface area (Å²) in [6.45, 7) is 11.5. The molecule has 1 aromatic carbocycles. The fourth-order valence-electron chi connectivity index (χ4n) is 2.42. The van der Waals surface area contributed by atoms with Gasteiger partial charge in [-0.1, -0.05) is 0 Å². The van der Waals surface area contributed by atoms with E-state index in [-0.39, 0.29) is 5.54 Å². The van der Waals surface area contributed by atoms with E-state index in [1.807, 2.05) is 6.92 Å². The highest BCUT2D eigenvalue weighted by molar-refractivity contribution is 5.51. The molecule has 100 valence electrons. The van der Waals surface area contributed by atoms with E-state index in [0.29, 0.717) is 6.04 Å². The molecule has 0 saturated carbocycles. The summed E-state index contributed by atoms with van der Waals surface area (Å²) in [5.74, 6) is 0.947. The van der Waals surface area contributed by atoms with E-state index in [0.717, 1.165) is 25.4 Å². The highest BCUT2D eigenvalue weighted by Crippen LogP contribution is 2.25. The number of nitrogens with one attached hydrogen (secondary N) is 1. The molecule has 1 unspecified atom stereocenters. The molecule has 1 aliphatic heterocycles. The minimum atomic E-state index is 0.172. The lowest BCUT2D eigenvalue weighted by Crippen LogP contribution is -2.61. The SMILES string of the molecule is CCOc1ccc(N2CC(C)(C)NCC2C)cc1. The molecule has 0 bridgehead atoms. The van der Waals surface area contributed by atoms with Gasteiger partial charge in [0.15, 0.2) is 0 Å². The van der Waals surface area contributed by atoms with Crippen LogP contribution in [0.3, 0.4) is 0 Å². The Labute approximate surface area is 110 Å². The van der Waals surface area contributed by atoms with Crippen LogP contribution in [0, 0.1) is 0 Å². The summed E-state index contributed by atoms with van der Waals surface area (Å²) >= 11 is 0. The van der Waals surface area contributed by atoms with Gasteiger partial charge in [0.25, 0.3) is 0 Å². The summed E-state index contributed by atoms with van der Waals surface area (Å²) in [6.07, 6.45) is 0. The lowest BCUT2D eigenvalue weighted by atomic mass is 9.98. The van der Waals surface area contributed by atoms with Crippen LogP contribution < -0.4 is 15.0 Å². The molecule has 0 spiro atoms. The first-order valence-electron chi connectivity index (χ1n) is 6.76. The van der Waals surface area contributed by atoms with Gasteiger partial charge >= 0.3 is 0 Å². The zero-order valence-electron chi connectivity index (χ0n) is 11.9. The predicted molar refractivity (Wildman–Crippen MR) is 76.5 cm³/mol. The van der Waals surface area contributed by atoms with Gasteiger partial charge < -0.3 is 15.0 Å². The molecule has 0 aromatic heterocycles. The fraction of sp³-hybridized carbons (Fsp3) is 0.600. The van der Waals surface area contributed by atoms with Gasteiger partial charge in [0.1, 0.15) is 5.75 Å². The third-order valence-electron chi connectivity index (χ3n) is 3.45. The Morgan fingerprint density at radius 1 is 1.33 bits per heavy atom. The third kappa shape index (κ3) is 2.96. The third-order valence-corrected chi connectivity index (χ3v) is 3.45. The van der Waals surface area contributed by atoms with E-state index < -0.39 is 0 Å². The topological polar surface area (TPSA) is 24.5 Å². The molecule has 1 aliphatic rings. The van der Waals surface area contributed by atoms with Gasteiger partial charge in [-0.15, -0.1) is 0 Å². The first-order chi connectivity index (χ1) is 8.52. The van der Waals surface area contributed by atoms with Crippen LogP contribution in [0.4, 0.5) is 5.69 Å². The second kappa shape index (κ2) is 5.19. The standard InChI is InChI=1S/C15H24N2O/c1-5-18-14-8-6-13(7-9-14)17-11-15(3,4)16-10-12(17)2/h6-9,12,16H,5,10-11H2,1-4H3. The van der Waals surface area contributed by atoms with Gasteiger partial charge in [-0.3, -0.25) is 0 Å². The van der Waals surface area contributed by atoms with Crippen LogP contribution in [0.1, 0.15) is 27.7 Å². The minimum Gasteiger partial charge on any atom is -0.494 e. The zero-order valence-corrected chi connectivity index (χ0v) is 11.9. The highest BCUT2D eigenvalue weighted by Gasteiger charge is 2.30. The number of rotatable bonds is 3. The number of hydrogen-bond acceptors (Lipinski definition) is 3. The Balaban J connectivity index is 2.14. The number of hydrogen-bond donors (Lipinski definition) is 1. The quantitative estimate of drug-likeness (QED) is 0.890. The van der Waals surface area contributed by atoms with Crippen LogP contribution in [0.15, 0.2) is 24.3 Å². The van der Waals surface area contributed by atoms with Crippen molar-refractivity contribution in [1.82, 2.24) is 5.32 Å². The molecular weight excluding hydrogens is 224 g/mol. The number of benzene rings is 1. The van der Waals surface area contributed by atoms with Crippen LogP contribution in [0.5, 0.6) is 5.75 Å². The van der Waals surface area contributed by atoms with E-state index in [1.54, 1.807) is 0 Å². The molecule has 18 heavy (non-hydrogen) atoms. The summed E-state index contributed by atoms with van der Waals surface area (Å²) < 4.78 is 5.49. The van der Waals surface area contributed by atoms with Crippen molar-refractivity contribution in [3.8, 4) is 5.75 Å². The van der Waals surface area contributed by atoms with Crippen molar-refractivity contribution in [1.29, 1.82) is 0 Å². The van der Waals surface area contributed by atoms with E-state index in [1.165, 1.54) is 5.69 Å². The number of anilines is 1. The summed E-state index contributed by atoms with van der Waals surface area (Å²) in [4.78, 5) is 2.46. The second-order valence-corrected chi connectivity index (χ2v) is 5.67. The first kappa shape index (κ1) is 13.2. The van der Waals surface area contributed by atoms with Crippen molar-refractivity contribution in [3.63, 3.8) is 0 Å². The molecule has 1 aromatic rings. The molecule has 0 aliphatic carbocycles. The predicted octanol–water partition coefficient (Wildman–Crippen LogP) is 2.66. The summed E-state index contributed by atoms with van der Waals surface area (Å²) in [5, 5.41) is 3.57. The van der Waals surface area contributed by atoms with Gasteiger partial charge in [0.05, 0.1) is 6.61 Å². The lowest BCUT2D eigenvalue weighted by molar-refractivity contribution is 0.318. The molecular formula is C15H24N2O. The Bertz CT molecular complexity index is 386. The normalized spacial score (nSPS) is 22.9. The maximum atomic E-state index is 5.49. The monoisotopic (exact) mass is 248 g/mol. The van der Waals surface area contributed by atoms with Crippen molar-refractivity contribution < 1.29 is 4.74 Å². The highest BCUT2D eigenvalue weighted by atomic mass is 16.5. The molecule has 1 fully saturated rings. The van der Waals surface area contributed by atoms with Crippen LogP contribution >= 0.6 is 0 Å². The number of piperazine rings is 1. The van der Waals surface area contributed by atoms with Crippen molar-refractivity contribution in [2.75, 3.05) is 24.6 Å². The van der Waals surface area contributed by atoms with Gasteiger partial charge in [-0.25, -0.2) is 0 Å². The van der Waals surface area contributed by atoms with Crippen molar-refractivity contribution in [2.45, 2.75) is 39.3 Å². The van der Waals surface area contributed by atoms with Crippen LogP contribution in [-0.2, 0) is 0 Å². The maximum absolute atomic E-state index is 5.49. The molecule has 3 heteroatoms. The number of nitrogens with zero attached hydrogens (tertiary/aromatic N) is 1. The molecule has 1 heterocycles. The molecule has 3 nitrogen and oxygen atoms in total. The molecule has 0 amide bonds.